The predicted octanol–water partition coefficient (Wildman–Crippen LogP) is 0.0119. The van der Waals surface area contributed by atoms with Gasteiger partial charge in [0.15, 0.2) is 0 Å². The molecule has 2 heterocycles. The Morgan fingerprint density at radius 1 is 1.44 bits per heavy atom. The van der Waals surface area contributed by atoms with Gasteiger partial charge in [0.2, 0.25) is 0 Å². The molecule has 1 aromatic heterocycles. The molecule has 0 atom stereocenters. The van der Waals surface area contributed by atoms with Crippen molar-refractivity contribution >= 4 is 24.1 Å². The number of piperazine rings is 1. The molecule has 1 amide bonds. The number of amides is 1. The van der Waals surface area contributed by atoms with Gasteiger partial charge in [-0.05, 0) is 12.1 Å². The third-order valence-electron chi connectivity index (χ3n) is 2.47. The zero-order chi connectivity index (χ0) is 10.7. The Morgan fingerprint density at radius 2 is 2.12 bits per heavy atom. The molecule has 0 spiro atoms. The van der Waals surface area contributed by atoms with Gasteiger partial charge in [0.1, 0.15) is 5.82 Å². The molecule has 0 saturated carbocycles. The van der Waals surface area contributed by atoms with E-state index in [1.54, 1.807) is 18.3 Å². The number of nitrogens with two attached hydrogens (primary N) is 1. The highest BCUT2D eigenvalue weighted by Gasteiger charge is 2.17. The van der Waals surface area contributed by atoms with Crippen LogP contribution in [0.3, 0.4) is 0 Å². The minimum absolute atomic E-state index is 0. The summed E-state index contributed by atoms with van der Waals surface area (Å²) in [7, 11) is 0. The number of aromatic nitrogens is 1. The first kappa shape index (κ1) is 12.7. The number of nitrogens with zero attached hydrogens (tertiary/aromatic N) is 2. The number of nitrogens with one attached hydrogen (secondary N) is 1. The quantitative estimate of drug-likeness (QED) is 0.767. The van der Waals surface area contributed by atoms with Crippen molar-refractivity contribution in [1.29, 1.82) is 0 Å². The monoisotopic (exact) mass is 242 g/mol. The summed E-state index contributed by atoms with van der Waals surface area (Å²) in [5.74, 6) is 0.281. The van der Waals surface area contributed by atoms with E-state index < -0.39 is 5.91 Å². The van der Waals surface area contributed by atoms with Gasteiger partial charge in [-0.15, -0.1) is 12.4 Å². The van der Waals surface area contributed by atoms with E-state index in [0.29, 0.717) is 11.4 Å². The Hall–Kier alpha value is -1.33. The van der Waals surface area contributed by atoms with Crippen LogP contribution in [-0.2, 0) is 0 Å². The smallest absolute Gasteiger partial charge is 0.252 e. The number of pyridine rings is 1. The maximum absolute atomic E-state index is 11.2. The zero-order valence-electron chi connectivity index (χ0n) is 8.85. The van der Waals surface area contributed by atoms with Crippen LogP contribution >= 0.6 is 12.4 Å². The molecule has 88 valence electrons. The Morgan fingerprint density at radius 3 is 2.75 bits per heavy atom. The molecule has 5 nitrogen and oxygen atoms in total. The van der Waals surface area contributed by atoms with Crippen LogP contribution in [0.2, 0.25) is 0 Å². The maximum Gasteiger partial charge on any atom is 0.252 e. The Labute approximate surface area is 100 Å². The molecule has 0 bridgehead atoms. The first-order chi connectivity index (χ1) is 7.29. The first-order valence-corrected chi connectivity index (χ1v) is 4.99. The average Bonchev–Trinajstić information content (AvgIpc) is 2.30. The summed E-state index contributed by atoms with van der Waals surface area (Å²) in [5.41, 5.74) is 5.80. The standard InChI is InChI=1S/C10H14N4O.ClH/c11-9(15)8-2-1-3-13-10(8)14-6-4-12-5-7-14;/h1-3,12H,4-7H2,(H2,11,15);1H. The molecule has 0 unspecified atom stereocenters. The van der Waals surface area contributed by atoms with Gasteiger partial charge in [-0.1, -0.05) is 0 Å². The Balaban J connectivity index is 0.00000128. The van der Waals surface area contributed by atoms with Gasteiger partial charge in [0.25, 0.3) is 5.91 Å². The Kier molecular flexibility index (Phi) is 4.52. The van der Waals surface area contributed by atoms with Crippen molar-refractivity contribution in [3.8, 4) is 0 Å². The molecule has 3 N–H and O–H groups in total. The number of primary amides is 1. The molecular weight excluding hydrogens is 228 g/mol. The fourth-order valence-corrected chi connectivity index (χ4v) is 1.72. The van der Waals surface area contributed by atoms with E-state index in [9.17, 15) is 4.79 Å². The molecule has 1 fully saturated rings. The van der Waals surface area contributed by atoms with Gasteiger partial charge < -0.3 is 16.0 Å². The molecule has 0 aliphatic carbocycles. The lowest BCUT2D eigenvalue weighted by molar-refractivity contribution is 0.100. The van der Waals surface area contributed by atoms with Gasteiger partial charge in [-0.3, -0.25) is 4.79 Å². The van der Waals surface area contributed by atoms with Crippen molar-refractivity contribution in [1.82, 2.24) is 10.3 Å². The van der Waals surface area contributed by atoms with E-state index in [1.165, 1.54) is 0 Å². The van der Waals surface area contributed by atoms with Gasteiger partial charge in [-0.2, -0.15) is 0 Å². The minimum atomic E-state index is -0.420. The van der Waals surface area contributed by atoms with Crippen molar-refractivity contribution < 1.29 is 4.79 Å². The third kappa shape index (κ3) is 2.62. The van der Waals surface area contributed by atoms with Crippen molar-refractivity contribution in [2.75, 3.05) is 31.1 Å². The zero-order valence-corrected chi connectivity index (χ0v) is 9.67. The fourth-order valence-electron chi connectivity index (χ4n) is 1.72. The first-order valence-electron chi connectivity index (χ1n) is 4.99. The minimum Gasteiger partial charge on any atom is -0.365 e. The lowest BCUT2D eigenvalue weighted by atomic mass is 10.2. The summed E-state index contributed by atoms with van der Waals surface area (Å²) in [4.78, 5) is 17.5. The third-order valence-corrected chi connectivity index (χ3v) is 2.47. The number of carbonyl (C=O) groups is 1. The van der Waals surface area contributed by atoms with E-state index >= 15 is 0 Å². The summed E-state index contributed by atoms with van der Waals surface area (Å²) in [6.45, 7) is 3.54. The number of halogens is 1. The van der Waals surface area contributed by atoms with Crippen LogP contribution in [0.5, 0.6) is 0 Å². The molecule has 16 heavy (non-hydrogen) atoms. The molecule has 1 saturated heterocycles. The topological polar surface area (TPSA) is 71.2 Å². The summed E-state index contributed by atoms with van der Waals surface area (Å²) in [6.07, 6.45) is 1.68. The Bertz CT molecular complexity index is 366. The molecule has 1 aliphatic rings. The van der Waals surface area contributed by atoms with Crippen molar-refractivity contribution in [2.24, 2.45) is 5.73 Å². The second kappa shape index (κ2) is 5.67. The summed E-state index contributed by atoms with van der Waals surface area (Å²) in [5, 5.41) is 3.25. The number of carbonyl (C=O) groups excluding carboxylic acids is 1. The molecule has 0 radical (unpaired) electrons. The van der Waals surface area contributed by atoms with Crippen LogP contribution in [0.25, 0.3) is 0 Å². The second-order valence-corrected chi connectivity index (χ2v) is 3.48. The van der Waals surface area contributed by atoms with E-state index in [1.807, 2.05) is 0 Å². The maximum atomic E-state index is 11.2. The van der Waals surface area contributed by atoms with Crippen LogP contribution in [0.4, 0.5) is 5.82 Å². The van der Waals surface area contributed by atoms with E-state index in [-0.39, 0.29) is 12.4 Å². The molecule has 6 heteroatoms. The van der Waals surface area contributed by atoms with Gasteiger partial charge >= 0.3 is 0 Å². The van der Waals surface area contributed by atoms with Crippen LogP contribution in [-0.4, -0.2) is 37.1 Å². The highest BCUT2D eigenvalue weighted by atomic mass is 35.5. The van der Waals surface area contributed by atoms with Gasteiger partial charge in [0.05, 0.1) is 5.56 Å². The fraction of sp³-hybridized carbons (Fsp3) is 0.400. The average molecular weight is 243 g/mol. The molecule has 1 aliphatic heterocycles. The molecular formula is C10H15ClN4O. The molecule has 2 rings (SSSR count). The summed E-state index contributed by atoms with van der Waals surface area (Å²) < 4.78 is 0. The van der Waals surface area contributed by atoms with Crippen LogP contribution in [0, 0.1) is 0 Å². The lowest BCUT2D eigenvalue weighted by Gasteiger charge is -2.29. The van der Waals surface area contributed by atoms with Gasteiger partial charge in [-0.25, -0.2) is 4.98 Å². The largest absolute Gasteiger partial charge is 0.365 e. The van der Waals surface area contributed by atoms with Crippen molar-refractivity contribution in [3.63, 3.8) is 0 Å². The van der Waals surface area contributed by atoms with E-state index in [2.05, 4.69) is 15.2 Å². The van der Waals surface area contributed by atoms with E-state index in [0.717, 1.165) is 26.2 Å². The molecule has 1 aromatic rings. The number of rotatable bonds is 2. The van der Waals surface area contributed by atoms with Crippen LogP contribution in [0.15, 0.2) is 18.3 Å². The normalized spacial score (nSPS) is 15.4. The SMILES string of the molecule is Cl.NC(=O)c1cccnc1N1CCNCC1. The lowest BCUT2D eigenvalue weighted by Crippen LogP contribution is -2.44. The predicted molar refractivity (Wildman–Crippen MR) is 65.1 cm³/mol. The van der Waals surface area contributed by atoms with Crippen LogP contribution in [0.1, 0.15) is 10.4 Å². The number of hydrogen-bond acceptors (Lipinski definition) is 4. The van der Waals surface area contributed by atoms with E-state index in [4.69, 9.17) is 5.73 Å². The number of hydrogen-bond donors (Lipinski definition) is 2. The highest BCUT2D eigenvalue weighted by molar-refractivity contribution is 5.97. The van der Waals surface area contributed by atoms with Crippen molar-refractivity contribution in [2.45, 2.75) is 0 Å². The second-order valence-electron chi connectivity index (χ2n) is 3.48. The molecule has 0 aromatic carbocycles. The summed E-state index contributed by atoms with van der Waals surface area (Å²) >= 11 is 0. The van der Waals surface area contributed by atoms with Crippen LogP contribution < -0.4 is 16.0 Å². The van der Waals surface area contributed by atoms with Crippen molar-refractivity contribution in [3.05, 3.63) is 23.9 Å². The van der Waals surface area contributed by atoms with Gasteiger partial charge in [0, 0.05) is 32.4 Å². The number of anilines is 1. The highest BCUT2D eigenvalue weighted by Crippen LogP contribution is 2.16. The summed E-state index contributed by atoms with van der Waals surface area (Å²) in [6, 6.07) is 3.44.